The van der Waals surface area contributed by atoms with Crippen LogP contribution in [0.1, 0.15) is 40.2 Å². The van der Waals surface area contributed by atoms with Gasteiger partial charge in [-0.3, -0.25) is 4.79 Å². The van der Waals surface area contributed by atoms with Gasteiger partial charge in [-0.2, -0.15) is 0 Å². The number of hydrogen-bond donors (Lipinski definition) is 0. The average Bonchev–Trinajstić information content (AvgIpc) is 2.88. The van der Waals surface area contributed by atoms with Crippen molar-refractivity contribution >= 4 is 17.7 Å². The lowest BCUT2D eigenvalue weighted by molar-refractivity contribution is -0.133. The summed E-state index contributed by atoms with van der Waals surface area (Å²) in [6, 6.07) is 8.47. The van der Waals surface area contributed by atoms with Crippen LogP contribution < -0.4 is 0 Å². The lowest BCUT2D eigenvalue weighted by Gasteiger charge is -2.32. The Morgan fingerprint density at radius 2 is 1.68 bits per heavy atom. The van der Waals surface area contributed by atoms with Gasteiger partial charge in [-0.05, 0) is 47.1 Å². The molecule has 0 aliphatic rings. The monoisotopic (exact) mass is 360 g/mol. The van der Waals surface area contributed by atoms with Crippen LogP contribution in [0.5, 0.6) is 0 Å². The van der Waals surface area contributed by atoms with Gasteiger partial charge >= 0.3 is 0 Å². The Kier molecular flexibility index (Phi) is 6.27. The molecule has 1 atom stereocenters. The molecule has 0 bridgehead atoms. The molecule has 5 nitrogen and oxygen atoms in total. The number of nitrogens with zero attached hydrogens (tertiary/aromatic N) is 4. The summed E-state index contributed by atoms with van der Waals surface area (Å²) in [7, 11) is 1.95. The van der Waals surface area contributed by atoms with E-state index in [2.05, 4.69) is 23.2 Å². The molecule has 25 heavy (non-hydrogen) atoms. The molecule has 2 rings (SSSR count). The smallest absolute Gasteiger partial charge is 0.236 e. The first kappa shape index (κ1) is 19.5. The fourth-order valence-electron chi connectivity index (χ4n) is 3.00. The van der Waals surface area contributed by atoms with E-state index in [1.54, 1.807) is 0 Å². The first-order chi connectivity index (χ1) is 11.7. The van der Waals surface area contributed by atoms with Crippen molar-refractivity contribution in [2.24, 2.45) is 7.05 Å². The summed E-state index contributed by atoms with van der Waals surface area (Å²) in [5.41, 5.74) is 2.22. The van der Waals surface area contributed by atoms with E-state index >= 15 is 0 Å². The quantitative estimate of drug-likeness (QED) is 0.733. The van der Waals surface area contributed by atoms with Gasteiger partial charge in [0.15, 0.2) is 11.0 Å². The van der Waals surface area contributed by atoms with E-state index in [9.17, 15) is 4.79 Å². The van der Waals surface area contributed by atoms with Crippen molar-refractivity contribution in [1.29, 1.82) is 0 Å². The highest BCUT2D eigenvalue weighted by Gasteiger charge is 2.27. The largest absolute Gasteiger partial charge is 0.337 e. The number of aromatic nitrogens is 3. The molecule has 0 spiro atoms. The highest BCUT2D eigenvalue weighted by molar-refractivity contribution is 8.00. The van der Waals surface area contributed by atoms with Crippen LogP contribution in [0.4, 0.5) is 0 Å². The SMILES string of the molecule is Cc1ccccc1-c1nnc(S[C@H](C)C(=O)N(C(C)C)C(C)C)n1C. The Hall–Kier alpha value is -1.82. The minimum absolute atomic E-state index is 0.135. The van der Waals surface area contributed by atoms with Crippen LogP contribution >= 0.6 is 11.8 Å². The highest BCUT2D eigenvalue weighted by atomic mass is 32.2. The molecule has 0 N–H and O–H groups in total. The van der Waals surface area contributed by atoms with Crippen LogP contribution in [-0.4, -0.2) is 42.9 Å². The third kappa shape index (κ3) is 4.24. The maximum atomic E-state index is 12.8. The number of rotatable bonds is 6. The van der Waals surface area contributed by atoms with Gasteiger partial charge in [-0.25, -0.2) is 0 Å². The first-order valence-electron chi connectivity index (χ1n) is 8.68. The molecule has 0 fully saturated rings. The standard InChI is InChI=1S/C19H28N4OS/c1-12(2)23(13(3)4)18(24)15(6)25-19-21-20-17(22(19)7)16-11-9-8-10-14(16)5/h8-13,15H,1-7H3/t15-/m1/s1. The minimum Gasteiger partial charge on any atom is -0.337 e. The van der Waals surface area contributed by atoms with Gasteiger partial charge < -0.3 is 9.47 Å². The fraction of sp³-hybridized carbons (Fsp3) is 0.526. The van der Waals surface area contributed by atoms with Gasteiger partial charge in [0.1, 0.15) is 0 Å². The zero-order valence-electron chi connectivity index (χ0n) is 16.1. The van der Waals surface area contributed by atoms with E-state index in [-0.39, 0.29) is 23.2 Å². The summed E-state index contributed by atoms with van der Waals surface area (Å²) in [5.74, 6) is 0.959. The number of benzene rings is 1. The summed E-state index contributed by atoms with van der Waals surface area (Å²) in [6.07, 6.45) is 0. The van der Waals surface area contributed by atoms with Crippen molar-refractivity contribution in [3.05, 3.63) is 29.8 Å². The van der Waals surface area contributed by atoms with E-state index < -0.39 is 0 Å². The van der Waals surface area contributed by atoms with Crippen LogP contribution in [-0.2, 0) is 11.8 Å². The predicted octanol–water partition coefficient (Wildman–Crippen LogP) is 3.92. The van der Waals surface area contributed by atoms with E-state index in [0.717, 1.165) is 22.1 Å². The van der Waals surface area contributed by atoms with Crippen LogP contribution in [0.2, 0.25) is 0 Å². The van der Waals surface area contributed by atoms with Gasteiger partial charge in [0.2, 0.25) is 5.91 Å². The predicted molar refractivity (Wildman–Crippen MR) is 104 cm³/mol. The van der Waals surface area contributed by atoms with E-state index in [1.165, 1.54) is 11.8 Å². The van der Waals surface area contributed by atoms with Gasteiger partial charge in [-0.15, -0.1) is 10.2 Å². The summed E-state index contributed by atoms with van der Waals surface area (Å²) >= 11 is 1.46. The number of amides is 1. The normalized spacial score (nSPS) is 12.7. The Morgan fingerprint density at radius 3 is 2.24 bits per heavy atom. The van der Waals surface area contributed by atoms with Crippen molar-refractivity contribution in [1.82, 2.24) is 19.7 Å². The van der Waals surface area contributed by atoms with Crippen molar-refractivity contribution in [2.45, 2.75) is 64.0 Å². The maximum absolute atomic E-state index is 12.8. The van der Waals surface area contributed by atoms with Crippen molar-refractivity contribution < 1.29 is 4.79 Å². The van der Waals surface area contributed by atoms with E-state index in [4.69, 9.17) is 0 Å². The Balaban J connectivity index is 2.21. The van der Waals surface area contributed by atoms with Crippen molar-refractivity contribution in [3.63, 3.8) is 0 Å². The van der Waals surface area contributed by atoms with Crippen molar-refractivity contribution in [3.8, 4) is 11.4 Å². The topological polar surface area (TPSA) is 51.0 Å². The zero-order valence-corrected chi connectivity index (χ0v) is 17.0. The van der Waals surface area contributed by atoms with Crippen LogP contribution in [0.25, 0.3) is 11.4 Å². The molecule has 0 aliphatic carbocycles. The van der Waals surface area contributed by atoms with Crippen LogP contribution in [0.15, 0.2) is 29.4 Å². The summed E-state index contributed by atoms with van der Waals surface area (Å²) in [6.45, 7) is 12.2. The molecule has 2 aromatic rings. The number of aryl methyl sites for hydroxylation is 1. The Morgan fingerprint density at radius 1 is 1.08 bits per heavy atom. The molecule has 0 saturated carbocycles. The van der Waals surface area contributed by atoms with E-state index in [1.807, 2.05) is 69.3 Å². The zero-order chi connectivity index (χ0) is 18.7. The molecule has 1 heterocycles. The Bertz CT molecular complexity index is 731. The van der Waals surface area contributed by atoms with E-state index in [0.29, 0.717) is 0 Å². The second-order valence-corrected chi connectivity index (χ2v) is 8.18. The molecular weight excluding hydrogens is 332 g/mol. The minimum atomic E-state index is -0.211. The van der Waals surface area contributed by atoms with Gasteiger partial charge in [0.25, 0.3) is 0 Å². The molecule has 0 aliphatic heterocycles. The number of carbonyl (C=O) groups is 1. The second-order valence-electron chi connectivity index (χ2n) is 6.87. The van der Waals surface area contributed by atoms with Gasteiger partial charge in [0.05, 0.1) is 5.25 Å². The summed E-state index contributed by atoms with van der Waals surface area (Å²) in [4.78, 5) is 14.7. The van der Waals surface area contributed by atoms with Crippen LogP contribution in [0, 0.1) is 6.92 Å². The maximum Gasteiger partial charge on any atom is 0.236 e. The highest BCUT2D eigenvalue weighted by Crippen LogP contribution is 2.28. The number of hydrogen-bond acceptors (Lipinski definition) is 4. The lowest BCUT2D eigenvalue weighted by atomic mass is 10.1. The fourth-order valence-corrected chi connectivity index (χ4v) is 3.87. The van der Waals surface area contributed by atoms with Crippen LogP contribution in [0.3, 0.4) is 0 Å². The molecule has 1 aromatic carbocycles. The number of carbonyl (C=O) groups excluding carboxylic acids is 1. The molecule has 136 valence electrons. The molecule has 0 saturated heterocycles. The number of thioether (sulfide) groups is 1. The van der Waals surface area contributed by atoms with Crippen molar-refractivity contribution in [2.75, 3.05) is 0 Å². The third-order valence-electron chi connectivity index (χ3n) is 4.22. The molecule has 0 radical (unpaired) electrons. The second kappa shape index (κ2) is 8.04. The van der Waals surface area contributed by atoms with Gasteiger partial charge in [-0.1, -0.05) is 36.0 Å². The molecule has 0 unspecified atom stereocenters. The Labute approximate surface area is 154 Å². The molecule has 1 amide bonds. The first-order valence-corrected chi connectivity index (χ1v) is 9.56. The molecule has 1 aromatic heterocycles. The molecular formula is C19H28N4OS. The third-order valence-corrected chi connectivity index (χ3v) is 5.34. The molecule has 6 heteroatoms. The lowest BCUT2D eigenvalue weighted by Crippen LogP contribution is -2.45. The summed E-state index contributed by atoms with van der Waals surface area (Å²) in [5, 5.41) is 9.20. The van der Waals surface area contributed by atoms with Gasteiger partial charge in [0, 0.05) is 24.7 Å². The average molecular weight is 361 g/mol. The summed E-state index contributed by atoms with van der Waals surface area (Å²) < 4.78 is 1.96.